The van der Waals surface area contributed by atoms with Gasteiger partial charge in [0, 0.05) is 17.9 Å². The van der Waals surface area contributed by atoms with Gasteiger partial charge in [-0.2, -0.15) is 0 Å². The zero-order valence-electron chi connectivity index (χ0n) is 11.8. The number of hydrogen-bond donors (Lipinski definition) is 1. The first-order valence-corrected chi connectivity index (χ1v) is 6.92. The molecule has 1 aliphatic carbocycles. The Balaban J connectivity index is 0.000000686. The molecule has 2 heteroatoms. The van der Waals surface area contributed by atoms with Crippen LogP contribution in [0.3, 0.4) is 0 Å². The quantitative estimate of drug-likeness (QED) is 0.830. The maximum absolute atomic E-state index is 10.5. The topological polar surface area (TPSA) is 33.4 Å². The van der Waals surface area contributed by atoms with E-state index in [-0.39, 0.29) is 0 Å². The van der Waals surface area contributed by atoms with E-state index in [0.29, 0.717) is 5.92 Å². The zero-order valence-corrected chi connectivity index (χ0v) is 11.8. The molecular weight excluding hydrogens is 212 g/mol. The Bertz CT molecular complexity index is 352. The highest BCUT2D eigenvalue weighted by atomic mass is 16.3. The molecule has 0 radical (unpaired) electrons. The lowest BCUT2D eigenvalue weighted by atomic mass is 9.81. The van der Waals surface area contributed by atoms with Crippen LogP contribution in [0.4, 0.5) is 0 Å². The fraction of sp³-hybridized carbons (Fsp3) is 0.733. The van der Waals surface area contributed by atoms with E-state index in [2.05, 4.69) is 19.9 Å². The van der Waals surface area contributed by atoms with Crippen molar-refractivity contribution >= 4 is 0 Å². The summed E-state index contributed by atoms with van der Waals surface area (Å²) in [5.41, 5.74) is 0.407. The van der Waals surface area contributed by atoms with Gasteiger partial charge in [0.25, 0.3) is 0 Å². The van der Waals surface area contributed by atoms with Gasteiger partial charge in [0.1, 0.15) is 11.5 Å². The first kappa shape index (κ1) is 14.3. The number of rotatable bonds is 2. The summed E-state index contributed by atoms with van der Waals surface area (Å²) in [6.45, 7) is 10.3. The number of aryl methyl sites for hydroxylation is 1. The van der Waals surface area contributed by atoms with E-state index in [9.17, 15) is 5.11 Å². The highest BCUT2D eigenvalue weighted by Gasteiger charge is 2.35. The average molecular weight is 238 g/mol. The maximum Gasteiger partial charge on any atom is 0.110 e. The van der Waals surface area contributed by atoms with Gasteiger partial charge in [0.15, 0.2) is 0 Å². The molecule has 0 saturated heterocycles. The van der Waals surface area contributed by atoms with E-state index >= 15 is 0 Å². The summed E-state index contributed by atoms with van der Waals surface area (Å²) >= 11 is 0. The van der Waals surface area contributed by atoms with E-state index in [1.807, 2.05) is 20.8 Å². The molecule has 1 atom stereocenters. The predicted octanol–water partition coefficient (Wildman–Crippen LogP) is 4.36. The highest BCUT2D eigenvalue weighted by molar-refractivity contribution is 5.31. The third-order valence-corrected chi connectivity index (χ3v) is 3.48. The van der Waals surface area contributed by atoms with Gasteiger partial charge in [0.05, 0.1) is 5.60 Å². The van der Waals surface area contributed by atoms with Crippen molar-refractivity contribution in [3.8, 4) is 0 Å². The van der Waals surface area contributed by atoms with Crippen LogP contribution in [0, 0.1) is 0 Å². The minimum Gasteiger partial charge on any atom is -0.465 e. The second kappa shape index (κ2) is 5.72. The molecule has 0 saturated carbocycles. The van der Waals surface area contributed by atoms with Crippen LogP contribution in [0.1, 0.15) is 76.9 Å². The summed E-state index contributed by atoms with van der Waals surface area (Å²) in [4.78, 5) is 0. The fourth-order valence-corrected chi connectivity index (χ4v) is 2.36. The Kier molecular flexibility index (Phi) is 4.81. The molecule has 0 bridgehead atoms. The molecule has 17 heavy (non-hydrogen) atoms. The van der Waals surface area contributed by atoms with Crippen molar-refractivity contribution in [2.45, 2.75) is 71.8 Å². The predicted molar refractivity (Wildman–Crippen MR) is 71.3 cm³/mol. The van der Waals surface area contributed by atoms with Gasteiger partial charge in [-0.15, -0.1) is 0 Å². The summed E-state index contributed by atoms with van der Waals surface area (Å²) < 4.78 is 5.80. The van der Waals surface area contributed by atoms with E-state index < -0.39 is 5.60 Å². The van der Waals surface area contributed by atoms with E-state index in [1.165, 1.54) is 0 Å². The van der Waals surface area contributed by atoms with Crippen LogP contribution in [0.2, 0.25) is 0 Å². The normalized spacial score (nSPS) is 23.0. The minimum atomic E-state index is -0.635. The lowest BCUT2D eigenvalue weighted by Gasteiger charge is -2.30. The third-order valence-electron chi connectivity index (χ3n) is 3.48. The van der Waals surface area contributed by atoms with Crippen LogP contribution in [-0.4, -0.2) is 5.11 Å². The molecule has 1 N–H and O–H groups in total. The molecule has 1 unspecified atom stereocenters. The maximum atomic E-state index is 10.5. The molecule has 1 heterocycles. The highest BCUT2D eigenvalue weighted by Crippen LogP contribution is 2.40. The second-order valence-corrected chi connectivity index (χ2v) is 4.88. The fourth-order valence-electron chi connectivity index (χ4n) is 2.36. The Hall–Kier alpha value is -0.760. The van der Waals surface area contributed by atoms with Crippen molar-refractivity contribution in [3.05, 3.63) is 23.2 Å². The van der Waals surface area contributed by atoms with Gasteiger partial charge in [0.2, 0.25) is 0 Å². The van der Waals surface area contributed by atoms with Gasteiger partial charge >= 0.3 is 0 Å². The van der Waals surface area contributed by atoms with E-state index in [1.54, 1.807) is 0 Å². The molecule has 0 amide bonds. The van der Waals surface area contributed by atoms with Crippen molar-refractivity contribution in [1.82, 2.24) is 0 Å². The molecule has 0 aliphatic heterocycles. The van der Waals surface area contributed by atoms with Crippen LogP contribution in [0.25, 0.3) is 0 Å². The lowest BCUT2D eigenvalue weighted by molar-refractivity contribution is 0.0127. The van der Waals surface area contributed by atoms with Crippen molar-refractivity contribution in [1.29, 1.82) is 0 Å². The van der Waals surface area contributed by atoms with Crippen LogP contribution >= 0.6 is 0 Å². The number of fused-ring (bicyclic) bond motifs is 1. The molecule has 0 fully saturated rings. The molecular formula is C15H26O2. The van der Waals surface area contributed by atoms with Crippen molar-refractivity contribution < 1.29 is 9.52 Å². The average Bonchev–Trinajstić information content (AvgIpc) is 2.78. The summed E-state index contributed by atoms with van der Waals surface area (Å²) in [5, 5.41) is 10.5. The molecule has 98 valence electrons. The minimum absolute atomic E-state index is 0.400. The lowest BCUT2D eigenvalue weighted by Crippen LogP contribution is -2.28. The van der Waals surface area contributed by atoms with Crippen LogP contribution in [-0.2, 0) is 12.0 Å². The summed E-state index contributed by atoms with van der Waals surface area (Å²) in [6, 6.07) is 2.06. The van der Waals surface area contributed by atoms with Crippen molar-refractivity contribution in [3.63, 3.8) is 0 Å². The Morgan fingerprint density at radius 2 is 2.06 bits per heavy atom. The molecule has 1 aromatic heterocycles. The third kappa shape index (κ3) is 2.74. The Morgan fingerprint density at radius 3 is 2.59 bits per heavy atom. The van der Waals surface area contributed by atoms with Crippen LogP contribution in [0.5, 0.6) is 0 Å². The second-order valence-electron chi connectivity index (χ2n) is 4.88. The number of aliphatic hydroxyl groups is 1. The SMILES string of the molecule is CC.CCC1(O)CCCc2oc(C(C)C)cc21. The monoisotopic (exact) mass is 238 g/mol. The van der Waals surface area contributed by atoms with Gasteiger partial charge in [-0.3, -0.25) is 0 Å². The van der Waals surface area contributed by atoms with Gasteiger partial charge in [-0.05, 0) is 25.3 Å². The summed E-state index contributed by atoms with van der Waals surface area (Å²) in [6.07, 6.45) is 3.65. The van der Waals surface area contributed by atoms with Gasteiger partial charge in [-0.25, -0.2) is 0 Å². The smallest absolute Gasteiger partial charge is 0.110 e. The number of hydrogen-bond acceptors (Lipinski definition) is 2. The molecule has 0 aromatic carbocycles. The standard InChI is InChI=1S/C13H20O2.C2H6/c1-4-13(14)7-5-6-11-10(13)8-12(15-11)9(2)3;1-2/h8-9,14H,4-7H2,1-3H3;1-2H3. The van der Waals surface area contributed by atoms with Gasteiger partial charge in [-0.1, -0.05) is 34.6 Å². The molecule has 1 aliphatic rings. The molecule has 1 aromatic rings. The Morgan fingerprint density at radius 1 is 1.41 bits per heavy atom. The zero-order chi connectivity index (χ0) is 13.1. The van der Waals surface area contributed by atoms with Gasteiger partial charge < -0.3 is 9.52 Å². The molecule has 0 spiro atoms. The van der Waals surface area contributed by atoms with Crippen molar-refractivity contribution in [2.75, 3.05) is 0 Å². The van der Waals surface area contributed by atoms with E-state index in [4.69, 9.17) is 4.42 Å². The van der Waals surface area contributed by atoms with Crippen LogP contribution in [0.15, 0.2) is 10.5 Å². The largest absolute Gasteiger partial charge is 0.465 e. The first-order valence-electron chi connectivity index (χ1n) is 6.92. The first-order chi connectivity index (χ1) is 8.07. The summed E-state index contributed by atoms with van der Waals surface area (Å²) in [7, 11) is 0. The summed E-state index contributed by atoms with van der Waals surface area (Å²) in [5.74, 6) is 2.42. The van der Waals surface area contributed by atoms with Crippen molar-refractivity contribution in [2.24, 2.45) is 0 Å². The van der Waals surface area contributed by atoms with Crippen LogP contribution < -0.4 is 0 Å². The van der Waals surface area contributed by atoms with E-state index in [0.717, 1.165) is 42.8 Å². The molecule has 2 nitrogen and oxygen atoms in total. The molecule has 2 rings (SSSR count). The number of furan rings is 1. The Labute approximate surface area is 105 Å².